The van der Waals surface area contributed by atoms with Crippen molar-refractivity contribution in [2.75, 3.05) is 20.8 Å². The number of hydrogen-bond donors (Lipinski definition) is 3. The highest BCUT2D eigenvalue weighted by molar-refractivity contribution is 6.33. The number of carboxylic acid groups (broad SMARTS) is 1. The molecule has 1 heterocycles. The zero-order valence-electron chi connectivity index (χ0n) is 23.0. The summed E-state index contributed by atoms with van der Waals surface area (Å²) < 4.78 is 16.5. The molecule has 2 atom stereocenters. The van der Waals surface area contributed by atoms with Crippen molar-refractivity contribution in [2.45, 2.75) is 37.9 Å². The fourth-order valence-corrected chi connectivity index (χ4v) is 5.03. The Balaban J connectivity index is 1.44. The monoisotopic (exact) mass is 598 g/mol. The Morgan fingerprint density at radius 3 is 2.31 bits per heavy atom. The molecule has 3 N–H and O–H groups in total. The van der Waals surface area contributed by atoms with Gasteiger partial charge in [0, 0.05) is 19.0 Å². The lowest BCUT2D eigenvalue weighted by molar-refractivity contribution is -0.244. The van der Waals surface area contributed by atoms with Crippen molar-refractivity contribution in [2.24, 2.45) is 0 Å². The molecule has 222 valence electrons. The van der Waals surface area contributed by atoms with Crippen LogP contribution in [-0.4, -0.2) is 66.1 Å². The number of nitrogens with zero attached hydrogens (tertiary/aromatic N) is 1. The van der Waals surface area contributed by atoms with Crippen molar-refractivity contribution in [1.82, 2.24) is 10.2 Å². The quantitative estimate of drug-likeness (QED) is 0.213. The van der Waals surface area contributed by atoms with Gasteiger partial charge >= 0.3 is 12.1 Å². The summed E-state index contributed by atoms with van der Waals surface area (Å²) in [4.78, 5) is 43.5. The number of carbonyl (C=O) groups excluding carboxylic acids is 2. The standard InChI is InChI=1S/C30H31ClN2O9/c1-39-26-15-19-14-21(11-12-41-38)33(17-20(19)16-27(26)40-2)30(37)42-22-9-7-18(8-10-22)13-25(29(35)36)32-28(34)23-5-3-4-6-24(23)31/h3-10,15-16,21,25,38H,11-14,17H2,1-2H3,(H,32,34)(H,35,36)/t21?,25-/m0/s1. The average Bonchev–Trinajstić information content (AvgIpc) is 2.99. The van der Waals surface area contributed by atoms with Gasteiger partial charge in [0.1, 0.15) is 11.8 Å². The Labute approximate surface area is 247 Å². The van der Waals surface area contributed by atoms with Crippen molar-refractivity contribution in [3.05, 3.63) is 87.9 Å². The van der Waals surface area contributed by atoms with Crippen molar-refractivity contribution in [3.63, 3.8) is 0 Å². The predicted molar refractivity (Wildman–Crippen MR) is 152 cm³/mol. The van der Waals surface area contributed by atoms with Gasteiger partial charge in [0.2, 0.25) is 0 Å². The van der Waals surface area contributed by atoms with Gasteiger partial charge in [-0.05, 0) is 65.9 Å². The number of ether oxygens (including phenoxy) is 3. The van der Waals surface area contributed by atoms with Gasteiger partial charge in [-0.15, -0.1) is 0 Å². The SMILES string of the molecule is COc1cc2c(cc1OC)CN(C(=O)Oc1ccc(C[C@H](NC(=O)c3ccccc3Cl)C(=O)O)cc1)C(CCOO)C2. The van der Waals surface area contributed by atoms with E-state index in [1.54, 1.807) is 54.5 Å². The van der Waals surface area contributed by atoms with Crippen molar-refractivity contribution < 1.29 is 43.8 Å². The third kappa shape index (κ3) is 7.30. The minimum absolute atomic E-state index is 0.00279. The number of rotatable bonds is 11. The summed E-state index contributed by atoms with van der Waals surface area (Å²) in [6.07, 6.45) is 0.261. The molecular formula is C30H31ClN2O9. The highest BCUT2D eigenvalue weighted by Gasteiger charge is 2.32. The number of aliphatic carboxylic acids is 1. The van der Waals surface area contributed by atoms with Crippen LogP contribution in [0.25, 0.3) is 0 Å². The van der Waals surface area contributed by atoms with E-state index in [1.807, 2.05) is 12.1 Å². The van der Waals surface area contributed by atoms with Gasteiger partial charge in [0.25, 0.3) is 5.91 Å². The van der Waals surface area contributed by atoms with E-state index in [4.69, 9.17) is 31.1 Å². The minimum Gasteiger partial charge on any atom is -0.493 e. The minimum atomic E-state index is -1.21. The molecular weight excluding hydrogens is 568 g/mol. The summed E-state index contributed by atoms with van der Waals surface area (Å²) in [6.45, 7) is 0.275. The van der Waals surface area contributed by atoms with E-state index in [1.165, 1.54) is 13.2 Å². The molecule has 0 fully saturated rings. The summed E-state index contributed by atoms with van der Waals surface area (Å²) in [5.74, 6) is -0.425. The predicted octanol–water partition coefficient (Wildman–Crippen LogP) is 4.59. The van der Waals surface area contributed by atoms with Gasteiger partial charge in [0.05, 0.1) is 31.4 Å². The molecule has 0 saturated heterocycles. The van der Waals surface area contributed by atoms with E-state index in [-0.39, 0.29) is 41.9 Å². The number of halogens is 1. The molecule has 0 spiro atoms. The Kier molecular flexibility index (Phi) is 10.2. The normalized spacial score (nSPS) is 14.9. The fraction of sp³-hybridized carbons (Fsp3) is 0.300. The molecule has 0 saturated carbocycles. The van der Waals surface area contributed by atoms with Gasteiger partial charge in [-0.3, -0.25) is 10.1 Å². The first kappa shape index (κ1) is 30.6. The Bertz CT molecular complexity index is 1430. The molecule has 4 rings (SSSR count). The molecule has 0 aromatic heterocycles. The molecule has 11 nitrogen and oxygen atoms in total. The smallest absolute Gasteiger partial charge is 0.415 e. The molecule has 3 aromatic rings. The highest BCUT2D eigenvalue weighted by Crippen LogP contribution is 2.35. The summed E-state index contributed by atoms with van der Waals surface area (Å²) >= 11 is 6.06. The number of carbonyl (C=O) groups is 3. The van der Waals surface area contributed by atoms with Crippen LogP contribution in [0.1, 0.15) is 33.5 Å². The van der Waals surface area contributed by atoms with Crippen LogP contribution in [0.15, 0.2) is 60.7 Å². The molecule has 42 heavy (non-hydrogen) atoms. The molecule has 12 heteroatoms. The summed E-state index contributed by atoms with van der Waals surface area (Å²) in [5.41, 5.74) is 2.64. The lowest BCUT2D eigenvalue weighted by atomic mass is 9.92. The van der Waals surface area contributed by atoms with E-state index in [0.29, 0.717) is 29.9 Å². The topological polar surface area (TPSA) is 144 Å². The van der Waals surface area contributed by atoms with Crippen LogP contribution < -0.4 is 19.5 Å². The first-order chi connectivity index (χ1) is 20.2. The number of carboxylic acids is 1. The largest absolute Gasteiger partial charge is 0.493 e. The van der Waals surface area contributed by atoms with Gasteiger partial charge in [-0.1, -0.05) is 35.9 Å². The zero-order valence-corrected chi connectivity index (χ0v) is 23.8. The first-order valence-electron chi connectivity index (χ1n) is 13.1. The number of fused-ring (bicyclic) bond motifs is 1. The molecule has 0 aliphatic carbocycles. The van der Waals surface area contributed by atoms with Crippen LogP contribution >= 0.6 is 11.6 Å². The van der Waals surface area contributed by atoms with Gasteiger partial charge < -0.3 is 29.5 Å². The molecule has 1 aliphatic rings. The maximum Gasteiger partial charge on any atom is 0.415 e. The Morgan fingerprint density at radius 2 is 1.69 bits per heavy atom. The lowest BCUT2D eigenvalue weighted by Gasteiger charge is -2.36. The fourth-order valence-electron chi connectivity index (χ4n) is 4.81. The number of benzene rings is 3. The summed E-state index contributed by atoms with van der Waals surface area (Å²) in [5, 5.41) is 21.3. The second kappa shape index (κ2) is 14.0. The first-order valence-corrected chi connectivity index (χ1v) is 13.5. The van der Waals surface area contributed by atoms with Crippen LogP contribution in [0, 0.1) is 0 Å². The Hall–Kier alpha value is -4.32. The van der Waals surface area contributed by atoms with Crippen molar-refractivity contribution >= 4 is 29.6 Å². The third-order valence-electron chi connectivity index (χ3n) is 7.01. The summed E-state index contributed by atoms with van der Waals surface area (Å²) in [6, 6.07) is 14.9. The maximum atomic E-state index is 13.3. The van der Waals surface area contributed by atoms with Crippen LogP contribution in [-0.2, 0) is 29.1 Å². The third-order valence-corrected chi connectivity index (χ3v) is 7.34. The van der Waals surface area contributed by atoms with Gasteiger partial charge in [-0.25, -0.2) is 14.5 Å². The van der Waals surface area contributed by atoms with E-state index in [0.717, 1.165) is 11.1 Å². The molecule has 0 bridgehead atoms. The number of methoxy groups -OCH3 is 2. The molecule has 2 amide bonds. The number of nitrogens with one attached hydrogen (secondary N) is 1. The van der Waals surface area contributed by atoms with E-state index < -0.39 is 24.0 Å². The van der Waals surface area contributed by atoms with E-state index >= 15 is 0 Å². The van der Waals surface area contributed by atoms with Crippen LogP contribution in [0.3, 0.4) is 0 Å². The summed E-state index contributed by atoms with van der Waals surface area (Å²) in [7, 11) is 3.09. The van der Waals surface area contributed by atoms with Crippen LogP contribution in [0.5, 0.6) is 17.2 Å². The Morgan fingerprint density at radius 1 is 1.02 bits per heavy atom. The lowest BCUT2D eigenvalue weighted by Crippen LogP contribution is -2.46. The zero-order chi connectivity index (χ0) is 30.2. The van der Waals surface area contributed by atoms with E-state index in [9.17, 15) is 19.5 Å². The maximum absolute atomic E-state index is 13.3. The highest BCUT2D eigenvalue weighted by atomic mass is 35.5. The van der Waals surface area contributed by atoms with Gasteiger partial charge in [0.15, 0.2) is 11.5 Å². The second-order valence-corrected chi connectivity index (χ2v) is 10.1. The average molecular weight is 599 g/mol. The molecule has 3 aromatic carbocycles. The second-order valence-electron chi connectivity index (χ2n) is 9.64. The van der Waals surface area contributed by atoms with E-state index in [2.05, 4.69) is 10.2 Å². The van der Waals surface area contributed by atoms with Gasteiger partial charge in [-0.2, -0.15) is 0 Å². The molecule has 1 aliphatic heterocycles. The van der Waals surface area contributed by atoms with Crippen molar-refractivity contribution in [1.29, 1.82) is 0 Å². The van der Waals surface area contributed by atoms with Crippen LogP contribution in [0.4, 0.5) is 4.79 Å². The van der Waals surface area contributed by atoms with Crippen LogP contribution in [0.2, 0.25) is 5.02 Å². The van der Waals surface area contributed by atoms with Crippen molar-refractivity contribution in [3.8, 4) is 17.2 Å². The number of amides is 2. The number of hydrogen-bond acceptors (Lipinski definition) is 8. The molecule has 1 unspecified atom stereocenters. The molecule has 0 radical (unpaired) electrons.